The maximum Gasteiger partial charge on any atom is 0.335 e. The van der Waals surface area contributed by atoms with Crippen LogP contribution in [0.1, 0.15) is 10.4 Å². The predicted molar refractivity (Wildman–Crippen MR) is 49.5 cm³/mol. The van der Waals surface area contributed by atoms with Crippen molar-refractivity contribution in [2.75, 3.05) is 0 Å². The summed E-state index contributed by atoms with van der Waals surface area (Å²) in [7, 11) is 0. The lowest BCUT2D eigenvalue weighted by Crippen LogP contribution is -2.20. The highest BCUT2D eigenvalue weighted by molar-refractivity contribution is 5.87. The van der Waals surface area contributed by atoms with Gasteiger partial charge in [0.25, 0.3) is 0 Å². The van der Waals surface area contributed by atoms with Crippen molar-refractivity contribution in [3.8, 4) is 0 Å². The molecule has 0 aliphatic heterocycles. The zero-order valence-corrected chi connectivity index (χ0v) is 6.90. The monoisotopic (exact) mass is 181 g/mol. The molecule has 0 amide bonds. The summed E-state index contributed by atoms with van der Waals surface area (Å²) in [5, 5.41) is 14.4. The van der Waals surface area contributed by atoms with Gasteiger partial charge in [-0.1, -0.05) is 18.2 Å². The molecule has 13 heavy (non-hydrogen) atoms. The molecule has 0 heterocycles. The number of carboxylic acid groups (broad SMARTS) is 1. The van der Waals surface area contributed by atoms with Gasteiger partial charge >= 0.3 is 5.97 Å². The van der Waals surface area contributed by atoms with E-state index in [4.69, 9.17) is 10.5 Å². The van der Waals surface area contributed by atoms with E-state index >= 15 is 0 Å². The Morgan fingerprint density at radius 2 is 1.62 bits per heavy atom. The number of aromatic carboxylic acids is 1. The molecule has 0 atom stereocenters. The molecule has 0 saturated carbocycles. The molecule has 0 saturated heterocycles. The normalized spacial score (nSPS) is 8.00. The second kappa shape index (κ2) is 5.59. The van der Waals surface area contributed by atoms with Gasteiger partial charge in [0.1, 0.15) is 0 Å². The minimum atomic E-state index is -0.879. The van der Waals surface area contributed by atoms with Crippen LogP contribution >= 0.6 is 0 Å². The van der Waals surface area contributed by atoms with E-state index in [0.29, 0.717) is 5.56 Å². The van der Waals surface area contributed by atoms with E-state index in [1.807, 2.05) is 0 Å². The first kappa shape index (κ1) is 11.0. The molecule has 0 aliphatic rings. The number of rotatable bonds is 1. The Hall–Kier alpha value is -2.04. The van der Waals surface area contributed by atoms with E-state index in [9.17, 15) is 4.79 Å². The molecule has 0 bridgehead atoms. The number of carbonyl (C=O) groups is 1. The van der Waals surface area contributed by atoms with Crippen molar-refractivity contribution in [1.82, 2.24) is 0 Å². The number of nitrogens with two attached hydrogens (primary N) is 2. The molecule has 1 aromatic carbocycles. The van der Waals surface area contributed by atoms with Crippen LogP contribution in [0, 0.1) is 5.41 Å². The van der Waals surface area contributed by atoms with Crippen LogP contribution in [0.25, 0.3) is 0 Å². The van der Waals surface area contributed by atoms with Crippen molar-refractivity contribution < 1.29 is 9.90 Å². The lowest BCUT2D eigenvalue weighted by Gasteiger charge is -1.88. The molecular weight excluding hydrogens is 170 g/mol. The van der Waals surface area contributed by atoms with Crippen LogP contribution in [0.4, 0.5) is 0 Å². The zero-order chi connectivity index (χ0) is 10.3. The van der Waals surface area contributed by atoms with Crippen LogP contribution in [0.2, 0.25) is 0 Å². The molecule has 1 rings (SSSR count). The quantitative estimate of drug-likeness (QED) is 0.366. The van der Waals surface area contributed by atoms with Crippen molar-refractivity contribution in [3.05, 3.63) is 35.9 Å². The molecular formula is C8H11N3O2. The van der Waals surface area contributed by atoms with E-state index in [1.54, 1.807) is 30.3 Å². The summed E-state index contributed by atoms with van der Waals surface area (Å²) in [5.41, 5.74) is 9.28. The molecule has 5 heteroatoms. The summed E-state index contributed by atoms with van der Waals surface area (Å²) in [4.78, 5) is 10.2. The Kier molecular flexibility index (Phi) is 4.71. The van der Waals surface area contributed by atoms with E-state index < -0.39 is 5.97 Å². The van der Waals surface area contributed by atoms with E-state index in [0.717, 1.165) is 0 Å². The van der Waals surface area contributed by atoms with Gasteiger partial charge in [0.05, 0.1) is 5.56 Å². The van der Waals surface area contributed by atoms with Gasteiger partial charge in [-0.25, -0.2) is 4.79 Å². The molecule has 0 spiro atoms. The van der Waals surface area contributed by atoms with Crippen LogP contribution in [-0.4, -0.2) is 17.0 Å². The highest BCUT2D eigenvalue weighted by Crippen LogP contribution is 1.96. The maximum absolute atomic E-state index is 10.2. The fourth-order valence-corrected chi connectivity index (χ4v) is 0.581. The third kappa shape index (κ3) is 6.36. The van der Waals surface area contributed by atoms with Crippen LogP contribution in [0.5, 0.6) is 0 Å². The number of hydrogen-bond donors (Lipinski definition) is 4. The van der Waals surface area contributed by atoms with Gasteiger partial charge in [0, 0.05) is 0 Å². The van der Waals surface area contributed by atoms with Crippen LogP contribution in [-0.2, 0) is 0 Å². The topological polar surface area (TPSA) is 113 Å². The first-order chi connectivity index (χ1) is 6.04. The molecule has 5 nitrogen and oxygen atoms in total. The van der Waals surface area contributed by atoms with E-state index in [2.05, 4.69) is 11.5 Å². The summed E-state index contributed by atoms with van der Waals surface area (Å²) in [5.74, 6) is -1.21. The molecule has 0 fully saturated rings. The van der Waals surface area contributed by atoms with Crippen molar-refractivity contribution in [2.45, 2.75) is 0 Å². The fourth-order valence-electron chi connectivity index (χ4n) is 0.581. The van der Waals surface area contributed by atoms with Gasteiger partial charge in [0.15, 0.2) is 5.96 Å². The third-order valence-corrected chi connectivity index (χ3v) is 1.02. The SMILES string of the molecule is N=C(N)N.O=C(O)c1ccccc1. The molecule has 0 aliphatic carbocycles. The largest absolute Gasteiger partial charge is 0.478 e. The first-order valence-corrected chi connectivity index (χ1v) is 3.42. The number of carboxylic acids is 1. The van der Waals surface area contributed by atoms with Crippen LogP contribution in [0.3, 0.4) is 0 Å². The van der Waals surface area contributed by atoms with Crippen molar-refractivity contribution >= 4 is 11.9 Å². The Labute approximate surface area is 75.5 Å². The van der Waals surface area contributed by atoms with Crippen molar-refractivity contribution in [2.24, 2.45) is 11.5 Å². The molecule has 0 unspecified atom stereocenters. The Balaban J connectivity index is 0.000000310. The Morgan fingerprint density at radius 3 is 1.85 bits per heavy atom. The summed E-state index contributed by atoms with van der Waals surface area (Å²) >= 11 is 0. The Bertz CT molecular complexity index is 281. The fraction of sp³-hybridized carbons (Fsp3) is 0. The smallest absolute Gasteiger partial charge is 0.335 e. The van der Waals surface area contributed by atoms with E-state index in [-0.39, 0.29) is 5.96 Å². The highest BCUT2D eigenvalue weighted by Gasteiger charge is 1.96. The summed E-state index contributed by atoms with van der Waals surface area (Å²) in [6.07, 6.45) is 0. The average molecular weight is 181 g/mol. The number of benzene rings is 1. The predicted octanol–water partition coefficient (Wildman–Crippen LogP) is 0.223. The number of guanidine groups is 1. The Morgan fingerprint density at radius 1 is 1.23 bits per heavy atom. The number of nitrogens with one attached hydrogen (secondary N) is 1. The molecule has 70 valence electrons. The second-order valence-corrected chi connectivity index (χ2v) is 2.13. The van der Waals surface area contributed by atoms with Gasteiger partial charge in [0.2, 0.25) is 0 Å². The summed E-state index contributed by atoms with van der Waals surface area (Å²) in [6, 6.07) is 8.30. The van der Waals surface area contributed by atoms with E-state index in [1.165, 1.54) is 0 Å². The molecule has 0 radical (unpaired) electrons. The third-order valence-electron chi connectivity index (χ3n) is 1.02. The second-order valence-electron chi connectivity index (χ2n) is 2.13. The maximum atomic E-state index is 10.2. The summed E-state index contributed by atoms with van der Waals surface area (Å²) < 4.78 is 0. The lowest BCUT2D eigenvalue weighted by molar-refractivity contribution is 0.0697. The number of hydrogen-bond acceptors (Lipinski definition) is 2. The van der Waals surface area contributed by atoms with Gasteiger partial charge in [-0.05, 0) is 12.1 Å². The van der Waals surface area contributed by atoms with Crippen LogP contribution in [0.15, 0.2) is 30.3 Å². The van der Waals surface area contributed by atoms with Gasteiger partial charge in [-0.2, -0.15) is 0 Å². The van der Waals surface area contributed by atoms with Gasteiger partial charge in [-0.3, -0.25) is 5.41 Å². The molecule has 1 aromatic rings. The van der Waals surface area contributed by atoms with Crippen LogP contribution < -0.4 is 11.5 Å². The molecule has 0 aromatic heterocycles. The average Bonchev–Trinajstić information content (AvgIpc) is 2.05. The van der Waals surface area contributed by atoms with Gasteiger partial charge in [-0.15, -0.1) is 0 Å². The van der Waals surface area contributed by atoms with Crippen molar-refractivity contribution in [3.63, 3.8) is 0 Å². The summed E-state index contributed by atoms with van der Waals surface area (Å²) in [6.45, 7) is 0. The van der Waals surface area contributed by atoms with Gasteiger partial charge < -0.3 is 16.6 Å². The zero-order valence-electron chi connectivity index (χ0n) is 6.90. The minimum absolute atomic E-state index is 0.331. The highest BCUT2D eigenvalue weighted by atomic mass is 16.4. The standard InChI is InChI=1S/C7H6O2.CH5N3/c8-7(9)6-4-2-1-3-5-6;2-1(3)4/h1-5H,(H,8,9);(H5,2,3,4). The molecule has 6 N–H and O–H groups in total. The first-order valence-electron chi connectivity index (χ1n) is 3.42. The minimum Gasteiger partial charge on any atom is -0.478 e. The van der Waals surface area contributed by atoms with Crippen molar-refractivity contribution in [1.29, 1.82) is 5.41 Å². The lowest BCUT2D eigenvalue weighted by atomic mass is 10.2.